The number of aryl methyl sites for hydroxylation is 1. The van der Waals surface area contributed by atoms with E-state index in [1.54, 1.807) is 11.9 Å². The van der Waals surface area contributed by atoms with E-state index in [-0.39, 0.29) is 6.42 Å². The highest BCUT2D eigenvalue weighted by Gasteiger charge is 2.30. The molecule has 1 heterocycles. The molecule has 3 aromatic rings. The van der Waals surface area contributed by atoms with E-state index in [9.17, 15) is 15.2 Å². The number of carboxylic acid groups (broad SMARTS) is 1. The molecule has 3 aromatic carbocycles. The van der Waals surface area contributed by atoms with Crippen LogP contribution in [-0.4, -0.2) is 17.3 Å². The lowest BCUT2D eigenvalue weighted by atomic mass is 9.80. The monoisotopic (exact) mass is 428 g/mol. The van der Waals surface area contributed by atoms with Crippen LogP contribution in [0.15, 0.2) is 42.5 Å². The Kier molecular flexibility index (Phi) is 5.51. The Balaban J connectivity index is 2.10. The fraction of sp³-hybridized carbons (Fsp3) is 0.231. The van der Waals surface area contributed by atoms with E-state index in [2.05, 4.69) is 41.6 Å². The van der Waals surface area contributed by atoms with E-state index < -0.39 is 5.97 Å². The molecule has 1 aliphatic rings. The standard InChI is InChI=1S/C26H24N2O2S/c1-15-5-8-19(9-6-15)24-17(3)25-21-10-7-18(13-27)11-20(21)14-28(31-4)26(25)16(2)22(24)12-23(29)30/h5-11H,12,14H2,1-4H3,(H,29,30). The van der Waals surface area contributed by atoms with Gasteiger partial charge in [-0.3, -0.25) is 4.79 Å². The van der Waals surface area contributed by atoms with Gasteiger partial charge in [0.05, 0.1) is 30.3 Å². The minimum absolute atomic E-state index is 0.0222. The minimum Gasteiger partial charge on any atom is -0.481 e. The molecule has 156 valence electrons. The molecule has 0 bridgehead atoms. The fourth-order valence-electron chi connectivity index (χ4n) is 4.60. The summed E-state index contributed by atoms with van der Waals surface area (Å²) in [6, 6.07) is 16.4. The third kappa shape index (κ3) is 3.58. The first-order valence-corrected chi connectivity index (χ1v) is 11.3. The summed E-state index contributed by atoms with van der Waals surface area (Å²) >= 11 is 1.62. The number of nitriles is 1. The third-order valence-electron chi connectivity index (χ3n) is 6.05. The van der Waals surface area contributed by atoms with E-state index in [0.717, 1.165) is 50.2 Å². The van der Waals surface area contributed by atoms with Gasteiger partial charge in [0.15, 0.2) is 0 Å². The average Bonchev–Trinajstić information content (AvgIpc) is 2.76. The smallest absolute Gasteiger partial charge is 0.307 e. The van der Waals surface area contributed by atoms with Crippen molar-refractivity contribution in [3.05, 3.63) is 75.8 Å². The summed E-state index contributed by atoms with van der Waals surface area (Å²) in [6.45, 7) is 6.85. The van der Waals surface area contributed by atoms with Crippen molar-refractivity contribution < 1.29 is 9.90 Å². The molecule has 0 aliphatic carbocycles. The van der Waals surface area contributed by atoms with E-state index in [1.165, 1.54) is 5.56 Å². The molecule has 0 aromatic heterocycles. The van der Waals surface area contributed by atoms with Crippen molar-refractivity contribution in [2.75, 3.05) is 10.6 Å². The first kappa shape index (κ1) is 21.0. The van der Waals surface area contributed by atoms with Crippen LogP contribution >= 0.6 is 11.9 Å². The zero-order chi connectivity index (χ0) is 22.3. The van der Waals surface area contributed by atoms with Gasteiger partial charge in [-0.1, -0.05) is 47.8 Å². The maximum Gasteiger partial charge on any atom is 0.307 e. The van der Waals surface area contributed by atoms with Crippen LogP contribution in [0.25, 0.3) is 22.3 Å². The van der Waals surface area contributed by atoms with Gasteiger partial charge in [0.1, 0.15) is 0 Å². The molecule has 0 fully saturated rings. The number of hydrogen-bond acceptors (Lipinski definition) is 4. The Hall–Kier alpha value is -3.23. The summed E-state index contributed by atoms with van der Waals surface area (Å²) in [5, 5.41) is 19.1. The molecular weight excluding hydrogens is 404 g/mol. The van der Waals surface area contributed by atoms with Crippen molar-refractivity contribution >= 4 is 23.6 Å². The normalized spacial score (nSPS) is 12.2. The second-order valence-electron chi connectivity index (χ2n) is 7.97. The van der Waals surface area contributed by atoms with Crippen LogP contribution in [0.4, 0.5) is 5.69 Å². The summed E-state index contributed by atoms with van der Waals surface area (Å²) in [5.74, 6) is -0.832. The fourth-order valence-corrected chi connectivity index (χ4v) is 5.28. The van der Waals surface area contributed by atoms with Gasteiger partial charge in [0.25, 0.3) is 0 Å². The largest absolute Gasteiger partial charge is 0.481 e. The Morgan fingerprint density at radius 1 is 1.10 bits per heavy atom. The third-order valence-corrected chi connectivity index (χ3v) is 6.80. The van der Waals surface area contributed by atoms with Gasteiger partial charge >= 0.3 is 5.97 Å². The van der Waals surface area contributed by atoms with Crippen LogP contribution in [-0.2, 0) is 17.8 Å². The number of fused-ring (bicyclic) bond motifs is 3. The summed E-state index contributed by atoms with van der Waals surface area (Å²) in [7, 11) is 0. The molecule has 4 nitrogen and oxygen atoms in total. The Labute approximate surface area is 187 Å². The average molecular weight is 429 g/mol. The van der Waals surface area contributed by atoms with E-state index >= 15 is 0 Å². The van der Waals surface area contributed by atoms with Crippen molar-refractivity contribution in [2.24, 2.45) is 0 Å². The quantitative estimate of drug-likeness (QED) is 0.513. The van der Waals surface area contributed by atoms with Crippen molar-refractivity contribution in [1.29, 1.82) is 5.26 Å². The van der Waals surface area contributed by atoms with Gasteiger partial charge in [-0.05, 0) is 71.8 Å². The van der Waals surface area contributed by atoms with Crippen LogP contribution in [0.3, 0.4) is 0 Å². The van der Waals surface area contributed by atoms with Crippen LogP contribution in [0, 0.1) is 32.1 Å². The Morgan fingerprint density at radius 3 is 2.42 bits per heavy atom. The van der Waals surface area contributed by atoms with Crippen LogP contribution < -0.4 is 4.31 Å². The SMILES string of the molecule is CSN1Cc2cc(C#N)ccc2-c2c(C)c(-c3ccc(C)cc3)c(CC(=O)O)c(C)c21. The number of benzene rings is 3. The van der Waals surface area contributed by atoms with Gasteiger partial charge in [-0.25, -0.2) is 0 Å². The van der Waals surface area contributed by atoms with Crippen molar-refractivity contribution in [1.82, 2.24) is 0 Å². The summed E-state index contributed by atoms with van der Waals surface area (Å²) < 4.78 is 2.21. The molecule has 4 rings (SSSR count). The topological polar surface area (TPSA) is 64.3 Å². The highest BCUT2D eigenvalue weighted by molar-refractivity contribution is 7.99. The maximum atomic E-state index is 11.8. The zero-order valence-corrected chi connectivity index (χ0v) is 18.9. The molecule has 0 radical (unpaired) electrons. The Bertz CT molecular complexity index is 1240. The van der Waals surface area contributed by atoms with E-state index in [4.69, 9.17) is 0 Å². The van der Waals surface area contributed by atoms with Gasteiger partial charge < -0.3 is 9.41 Å². The van der Waals surface area contributed by atoms with Crippen LogP contribution in [0.1, 0.15) is 33.4 Å². The number of carbonyl (C=O) groups is 1. The van der Waals surface area contributed by atoms with Gasteiger partial charge in [0, 0.05) is 11.8 Å². The number of hydrogen-bond donors (Lipinski definition) is 1. The molecule has 1 N–H and O–H groups in total. The van der Waals surface area contributed by atoms with Gasteiger partial charge in [-0.15, -0.1) is 0 Å². The molecule has 5 heteroatoms. The molecule has 0 unspecified atom stereocenters. The lowest BCUT2D eigenvalue weighted by molar-refractivity contribution is -0.136. The van der Waals surface area contributed by atoms with E-state index in [1.807, 2.05) is 38.3 Å². The number of nitrogens with zero attached hydrogens (tertiary/aromatic N) is 2. The molecule has 0 saturated carbocycles. The van der Waals surface area contributed by atoms with Crippen LogP contribution in [0.5, 0.6) is 0 Å². The molecular formula is C26H24N2O2S. The number of anilines is 1. The molecule has 0 atom stereocenters. The number of rotatable bonds is 4. The maximum absolute atomic E-state index is 11.8. The van der Waals surface area contributed by atoms with Crippen LogP contribution in [0.2, 0.25) is 0 Å². The zero-order valence-electron chi connectivity index (χ0n) is 18.1. The molecule has 31 heavy (non-hydrogen) atoms. The van der Waals surface area contributed by atoms with Gasteiger partial charge in [-0.2, -0.15) is 5.26 Å². The van der Waals surface area contributed by atoms with Crippen molar-refractivity contribution in [3.8, 4) is 28.3 Å². The number of carboxylic acids is 1. The highest BCUT2D eigenvalue weighted by atomic mass is 32.2. The molecule has 0 spiro atoms. The lowest BCUT2D eigenvalue weighted by Gasteiger charge is -2.35. The predicted molar refractivity (Wildman–Crippen MR) is 127 cm³/mol. The summed E-state index contributed by atoms with van der Waals surface area (Å²) in [4.78, 5) is 11.8. The first-order valence-electron chi connectivity index (χ1n) is 10.2. The molecule has 0 saturated heterocycles. The summed E-state index contributed by atoms with van der Waals surface area (Å²) in [5.41, 5.74) is 11.2. The summed E-state index contributed by atoms with van der Waals surface area (Å²) in [6.07, 6.45) is 2.01. The second kappa shape index (κ2) is 8.13. The first-order chi connectivity index (χ1) is 14.8. The van der Waals surface area contributed by atoms with Crippen molar-refractivity contribution in [3.63, 3.8) is 0 Å². The predicted octanol–water partition coefficient (Wildman–Crippen LogP) is 6.04. The molecule has 0 amide bonds. The minimum atomic E-state index is -0.832. The Morgan fingerprint density at radius 2 is 1.81 bits per heavy atom. The molecule has 1 aliphatic heterocycles. The van der Waals surface area contributed by atoms with Gasteiger partial charge in [0.2, 0.25) is 0 Å². The van der Waals surface area contributed by atoms with Crippen molar-refractivity contribution in [2.45, 2.75) is 33.7 Å². The lowest BCUT2D eigenvalue weighted by Crippen LogP contribution is -2.22. The van der Waals surface area contributed by atoms with E-state index in [0.29, 0.717) is 12.1 Å². The number of aliphatic carboxylic acids is 1. The second-order valence-corrected chi connectivity index (χ2v) is 8.77. The highest BCUT2D eigenvalue weighted by Crippen LogP contribution is 2.50.